The fourth-order valence-electron chi connectivity index (χ4n) is 1.76. The number of nitro benzene ring substituents is 1. The summed E-state index contributed by atoms with van der Waals surface area (Å²) in [5.41, 5.74) is 1.78. The van der Waals surface area contributed by atoms with E-state index in [2.05, 4.69) is 15.3 Å². The lowest BCUT2D eigenvalue weighted by atomic mass is 10.2. The Bertz CT molecular complexity index is 629. The van der Waals surface area contributed by atoms with Crippen LogP contribution in [0.15, 0.2) is 30.3 Å². The molecule has 0 fully saturated rings. The van der Waals surface area contributed by atoms with Crippen molar-refractivity contribution in [1.82, 2.24) is 9.97 Å². The van der Waals surface area contributed by atoms with Gasteiger partial charge in [0, 0.05) is 30.4 Å². The number of hydrogen-bond donors (Lipinski definition) is 1. The SMILES string of the molecule is CCOc1cc(C)nc(NCc2ccc([N+](=O)[O-])cc2)n1. The first-order valence-corrected chi connectivity index (χ1v) is 6.54. The number of nitrogens with one attached hydrogen (secondary N) is 1. The Morgan fingerprint density at radius 1 is 1.29 bits per heavy atom. The predicted octanol–water partition coefficient (Wildman–Crippen LogP) is 2.70. The lowest BCUT2D eigenvalue weighted by Crippen LogP contribution is -2.06. The summed E-state index contributed by atoms with van der Waals surface area (Å²) in [6.07, 6.45) is 0. The molecular weight excluding hydrogens is 272 g/mol. The highest BCUT2D eigenvalue weighted by atomic mass is 16.6. The lowest BCUT2D eigenvalue weighted by molar-refractivity contribution is -0.384. The summed E-state index contributed by atoms with van der Waals surface area (Å²) in [5.74, 6) is 0.994. The summed E-state index contributed by atoms with van der Waals surface area (Å²) < 4.78 is 5.36. The number of ether oxygens (including phenoxy) is 1. The third kappa shape index (κ3) is 4.13. The zero-order valence-corrected chi connectivity index (χ0v) is 11.9. The van der Waals surface area contributed by atoms with Gasteiger partial charge in [0.15, 0.2) is 0 Å². The first-order valence-electron chi connectivity index (χ1n) is 6.54. The van der Waals surface area contributed by atoms with Crippen molar-refractivity contribution in [2.24, 2.45) is 0 Å². The molecule has 0 amide bonds. The maximum Gasteiger partial charge on any atom is 0.269 e. The zero-order valence-electron chi connectivity index (χ0n) is 11.9. The zero-order chi connectivity index (χ0) is 15.2. The van der Waals surface area contributed by atoms with E-state index in [4.69, 9.17) is 4.74 Å². The van der Waals surface area contributed by atoms with Crippen LogP contribution < -0.4 is 10.1 Å². The first-order chi connectivity index (χ1) is 10.1. The van der Waals surface area contributed by atoms with E-state index in [0.717, 1.165) is 11.3 Å². The van der Waals surface area contributed by atoms with Gasteiger partial charge in [-0.1, -0.05) is 12.1 Å². The van der Waals surface area contributed by atoms with E-state index in [9.17, 15) is 10.1 Å². The van der Waals surface area contributed by atoms with Crippen molar-refractivity contribution in [2.75, 3.05) is 11.9 Å². The molecule has 0 aliphatic rings. The van der Waals surface area contributed by atoms with E-state index in [-0.39, 0.29) is 5.69 Å². The van der Waals surface area contributed by atoms with Crippen molar-refractivity contribution in [2.45, 2.75) is 20.4 Å². The molecule has 110 valence electrons. The number of nitrogens with zero attached hydrogens (tertiary/aromatic N) is 3. The third-order valence-electron chi connectivity index (χ3n) is 2.72. The van der Waals surface area contributed by atoms with Gasteiger partial charge in [-0.2, -0.15) is 4.98 Å². The van der Waals surface area contributed by atoms with Gasteiger partial charge >= 0.3 is 0 Å². The average Bonchev–Trinajstić information content (AvgIpc) is 2.45. The number of benzene rings is 1. The fourth-order valence-corrected chi connectivity index (χ4v) is 1.76. The quantitative estimate of drug-likeness (QED) is 0.649. The molecule has 2 aromatic rings. The molecule has 0 atom stereocenters. The molecule has 0 radical (unpaired) electrons. The van der Waals surface area contributed by atoms with Crippen LogP contribution in [-0.2, 0) is 6.54 Å². The maximum atomic E-state index is 10.6. The molecule has 7 heteroatoms. The highest BCUT2D eigenvalue weighted by Gasteiger charge is 2.05. The van der Waals surface area contributed by atoms with E-state index in [0.29, 0.717) is 25.0 Å². The highest BCUT2D eigenvalue weighted by molar-refractivity contribution is 5.36. The van der Waals surface area contributed by atoms with Gasteiger partial charge < -0.3 is 10.1 Å². The maximum absolute atomic E-state index is 10.6. The van der Waals surface area contributed by atoms with Gasteiger partial charge in [0.1, 0.15) is 0 Å². The Balaban J connectivity index is 2.03. The predicted molar refractivity (Wildman–Crippen MR) is 78.4 cm³/mol. The monoisotopic (exact) mass is 288 g/mol. The fraction of sp³-hybridized carbons (Fsp3) is 0.286. The Kier molecular flexibility index (Phi) is 4.65. The summed E-state index contributed by atoms with van der Waals surface area (Å²) in [6, 6.07) is 8.11. The van der Waals surface area contributed by atoms with Crippen LogP contribution in [0.4, 0.5) is 11.6 Å². The Morgan fingerprint density at radius 2 is 2.00 bits per heavy atom. The molecule has 7 nitrogen and oxygen atoms in total. The third-order valence-corrected chi connectivity index (χ3v) is 2.72. The average molecular weight is 288 g/mol. The Hall–Kier alpha value is -2.70. The summed E-state index contributed by atoms with van der Waals surface area (Å²) in [7, 11) is 0. The van der Waals surface area contributed by atoms with Crippen molar-refractivity contribution in [1.29, 1.82) is 0 Å². The smallest absolute Gasteiger partial charge is 0.269 e. The van der Waals surface area contributed by atoms with Gasteiger partial charge in [-0.05, 0) is 19.4 Å². The minimum absolute atomic E-state index is 0.0733. The molecule has 0 saturated heterocycles. The van der Waals surface area contributed by atoms with Crippen LogP contribution in [0.25, 0.3) is 0 Å². The van der Waals surface area contributed by atoms with Crippen LogP contribution in [0.5, 0.6) is 5.88 Å². The van der Waals surface area contributed by atoms with Crippen LogP contribution in [0.1, 0.15) is 18.2 Å². The molecule has 1 N–H and O–H groups in total. The lowest BCUT2D eigenvalue weighted by Gasteiger charge is -2.08. The number of anilines is 1. The largest absolute Gasteiger partial charge is 0.478 e. The second-order valence-corrected chi connectivity index (χ2v) is 4.38. The molecule has 0 unspecified atom stereocenters. The van der Waals surface area contributed by atoms with Crippen molar-refractivity contribution in [3.05, 3.63) is 51.7 Å². The van der Waals surface area contributed by atoms with E-state index in [1.54, 1.807) is 18.2 Å². The number of nitro groups is 1. The molecule has 1 aromatic heterocycles. The summed E-state index contributed by atoms with van der Waals surface area (Å²) in [6.45, 7) is 4.77. The number of hydrogen-bond acceptors (Lipinski definition) is 6. The van der Waals surface area contributed by atoms with Crippen molar-refractivity contribution in [3.8, 4) is 5.88 Å². The molecule has 0 bridgehead atoms. The molecule has 1 heterocycles. The molecule has 1 aromatic carbocycles. The second-order valence-electron chi connectivity index (χ2n) is 4.38. The van der Waals surface area contributed by atoms with Gasteiger partial charge in [0.05, 0.1) is 11.5 Å². The number of rotatable bonds is 6. The van der Waals surface area contributed by atoms with E-state index in [1.807, 2.05) is 13.8 Å². The molecule has 0 aliphatic heterocycles. The normalized spacial score (nSPS) is 10.2. The van der Waals surface area contributed by atoms with Crippen LogP contribution in [0.2, 0.25) is 0 Å². The van der Waals surface area contributed by atoms with E-state index >= 15 is 0 Å². The van der Waals surface area contributed by atoms with Gasteiger partial charge in [0.2, 0.25) is 11.8 Å². The van der Waals surface area contributed by atoms with Crippen LogP contribution in [0.3, 0.4) is 0 Å². The summed E-state index contributed by atoms with van der Waals surface area (Å²) in [5, 5.41) is 13.7. The minimum atomic E-state index is -0.421. The first kappa shape index (κ1) is 14.7. The Morgan fingerprint density at radius 3 is 2.62 bits per heavy atom. The van der Waals surface area contributed by atoms with Gasteiger partial charge in [-0.3, -0.25) is 10.1 Å². The van der Waals surface area contributed by atoms with Gasteiger partial charge in [-0.15, -0.1) is 0 Å². The number of non-ortho nitro benzene ring substituents is 1. The van der Waals surface area contributed by atoms with Crippen molar-refractivity contribution < 1.29 is 9.66 Å². The van der Waals surface area contributed by atoms with Crippen LogP contribution >= 0.6 is 0 Å². The molecule has 0 saturated carbocycles. The molecular formula is C14H16N4O3. The molecule has 0 aliphatic carbocycles. The van der Waals surface area contributed by atoms with E-state index in [1.165, 1.54) is 12.1 Å². The minimum Gasteiger partial charge on any atom is -0.478 e. The molecule has 21 heavy (non-hydrogen) atoms. The van der Waals surface area contributed by atoms with Crippen LogP contribution in [-0.4, -0.2) is 21.5 Å². The second kappa shape index (κ2) is 6.65. The Labute approximate surface area is 122 Å². The van der Waals surface area contributed by atoms with Gasteiger partial charge in [-0.25, -0.2) is 4.98 Å². The van der Waals surface area contributed by atoms with Gasteiger partial charge in [0.25, 0.3) is 5.69 Å². The summed E-state index contributed by atoms with van der Waals surface area (Å²) >= 11 is 0. The topological polar surface area (TPSA) is 90.2 Å². The van der Waals surface area contributed by atoms with Crippen molar-refractivity contribution >= 4 is 11.6 Å². The standard InChI is InChI=1S/C14H16N4O3/c1-3-21-13-8-10(2)16-14(17-13)15-9-11-4-6-12(7-5-11)18(19)20/h4-8H,3,9H2,1-2H3,(H,15,16,17). The number of aromatic nitrogens is 2. The summed E-state index contributed by atoms with van der Waals surface area (Å²) in [4.78, 5) is 18.7. The molecule has 2 rings (SSSR count). The van der Waals surface area contributed by atoms with Crippen LogP contribution in [0, 0.1) is 17.0 Å². The number of aryl methyl sites for hydroxylation is 1. The molecule has 0 spiro atoms. The highest BCUT2D eigenvalue weighted by Crippen LogP contribution is 2.15. The van der Waals surface area contributed by atoms with Crippen molar-refractivity contribution in [3.63, 3.8) is 0 Å². The van der Waals surface area contributed by atoms with E-state index < -0.39 is 4.92 Å².